The van der Waals surface area contributed by atoms with Crippen molar-refractivity contribution in [3.8, 4) is 11.4 Å². The summed E-state index contributed by atoms with van der Waals surface area (Å²) < 4.78 is 55.5. The van der Waals surface area contributed by atoms with E-state index >= 15 is 0 Å². The van der Waals surface area contributed by atoms with Gasteiger partial charge in [0.15, 0.2) is 11.0 Å². The summed E-state index contributed by atoms with van der Waals surface area (Å²) in [5.74, 6) is -0.620. The van der Waals surface area contributed by atoms with E-state index in [0.717, 1.165) is 12.1 Å². The van der Waals surface area contributed by atoms with Crippen molar-refractivity contribution >= 4 is 27.7 Å². The molecule has 8 nitrogen and oxygen atoms in total. The minimum Gasteiger partial charge on any atom is -0.339 e. The Morgan fingerprint density at radius 3 is 2.33 bits per heavy atom. The fourth-order valence-corrected chi connectivity index (χ4v) is 5.70. The molecular formula is C21H21F2N5O3S2. The zero-order chi connectivity index (χ0) is 23.6. The summed E-state index contributed by atoms with van der Waals surface area (Å²) in [5, 5.41) is 8.57. The number of hydrogen-bond donors (Lipinski definition) is 0. The Hall–Kier alpha value is -2.83. The Labute approximate surface area is 194 Å². The molecule has 1 amide bonds. The van der Waals surface area contributed by atoms with E-state index in [1.807, 2.05) is 0 Å². The number of piperazine rings is 1. The quantitative estimate of drug-likeness (QED) is 0.490. The van der Waals surface area contributed by atoms with Crippen molar-refractivity contribution in [1.29, 1.82) is 0 Å². The Morgan fingerprint density at radius 2 is 1.67 bits per heavy atom. The molecule has 4 rings (SSSR count). The maximum absolute atomic E-state index is 14.1. The van der Waals surface area contributed by atoms with Crippen LogP contribution >= 0.6 is 11.8 Å². The van der Waals surface area contributed by atoms with Gasteiger partial charge in [0.2, 0.25) is 15.9 Å². The summed E-state index contributed by atoms with van der Waals surface area (Å²) in [6.45, 7) is 0.799. The molecular weight excluding hydrogens is 472 g/mol. The lowest BCUT2D eigenvalue weighted by molar-refractivity contribution is -0.129. The molecule has 1 fully saturated rings. The molecule has 0 saturated carbocycles. The summed E-state index contributed by atoms with van der Waals surface area (Å²) in [7, 11) is -2.04. The van der Waals surface area contributed by atoms with E-state index in [9.17, 15) is 22.0 Å². The first kappa shape index (κ1) is 23.3. The molecule has 0 N–H and O–H groups in total. The number of halogens is 2. The average Bonchev–Trinajstić information content (AvgIpc) is 3.18. The first-order valence-corrected chi connectivity index (χ1v) is 12.5. The van der Waals surface area contributed by atoms with Crippen molar-refractivity contribution in [3.05, 3.63) is 60.2 Å². The lowest BCUT2D eigenvalue weighted by atomic mass is 10.2. The molecule has 0 spiro atoms. The monoisotopic (exact) mass is 493 g/mol. The highest BCUT2D eigenvalue weighted by Gasteiger charge is 2.30. The molecule has 0 unspecified atom stereocenters. The summed E-state index contributed by atoms with van der Waals surface area (Å²) in [6, 6.07) is 10.9. The van der Waals surface area contributed by atoms with Crippen LogP contribution in [0.25, 0.3) is 11.4 Å². The maximum Gasteiger partial charge on any atom is 0.243 e. The molecule has 1 aliphatic heterocycles. The number of amides is 1. The standard InChI is InChI=1S/C21H21F2N5O3S2/c1-26-20(17-4-2-3-5-18(17)23)24-25-21(26)32-14-19(29)27-10-12-28(13-11-27)33(30,31)16-8-6-15(22)7-9-16/h2-9H,10-14H2,1H3. The van der Waals surface area contributed by atoms with Gasteiger partial charge >= 0.3 is 0 Å². The van der Waals surface area contributed by atoms with Crippen LogP contribution in [-0.2, 0) is 21.9 Å². The minimum atomic E-state index is -3.74. The molecule has 0 atom stereocenters. The van der Waals surface area contributed by atoms with Crippen molar-refractivity contribution in [2.75, 3.05) is 31.9 Å². The lowest BCUT2D eigenvalue weighted by Gasteiger charge is -2.34. The SMILES string of the molecule is Cn1c(SCC(=O)N2CCN(S(=O)(=O)c3ccc(F)cc3)CC2)nnc1-c1ccccc1F. The highest BCUT2D eigenvalue weighted by atomic mass is 32.2. The fourth-order valence-electron chi connectivity index (χ4n) is 3.47. The lowest BCUT2D eigenvalue weighted by Crippen LogP contribution is -2.50. The van der Waals surface area contributed by atoms with Crippen molar-refractivity contribution in [3.63, 3.8) is 0 Å². The number of sulfonamides is 1. The number of rotatable bonds is 6. The van der Waals surface area contributed by atoms with E-state index in [4.69, 9.17) is 0 Å². The molecule has 0 bridgehead atoms. The van der Waals surface area contributed by atoms with Gasteiger partial charge in [-0.15, -0.1) is 10.2 Å². The predicted octanol–water partition coefficient (Wildman–Crippen LogP) is 2.39. The van der Waals surface area contributed by atoms with E-state index in [2.05, 4.69) is 10.2 Å². The van der Waals surface area contributed by atoms with Gasteiger partial charge in [-0.1, -0.05) is 23.9 Å². The number of thioether (sulfide) groups is 1. The largest absolute Gasteiger partial charge is 0.339 e. The number of aromatic nitrogens is 3. The van der Waals surface area contributed by atoms with Gasteiger partial charge < -0.3 is 9.47 Å². The Balaban J connectivity index is 1.34. The van der Waals surface area contributed by atoms with E-state index in [1.165, 1.54) is 34.3 Å². The van der Waals surface area contributed by atoms with Gasteiger partial charge in [0.25, 0.3) is 0 Å². The van der Waals surface area contributed by atoms with E-state index < -0.39 is 21.7 Å². The van der Waals surface area contributed by atoms with E-state index in [1.54, 1.807) is 34.7 Å². The third-order valence-corrected chi connectivity index (χ3v) is 8.24. The Kier molecular flexibility index (Phi) is 6.77. The number of benzene rings is 2. The molecule has 12 heteroatoms. The maximum atomic E-state index is 14.1. The number of nitrogens with zero attached hydrogens (tertiary/aromatic N) is 5. The highest BCUT2D eigenvalue weighted by Crippen LogP contribution is 2.25. The van der Waals surface area contributed by atoms with Crippen molar-refractivity contribution in [1.82, 2.24) is 24.0 Å². The van der Waals surface area contributed by atoms with Crippen LogP contribution in [0.15, 0.2) is 58.6 Å². The molecule has 2 heterocycles. The Bertz CT molecular complexity index is 1260. The van der Waals surface area contributed by atoms with Crippen LogP contribution in [0.3, 0.4) is 0 Å². The first-order chi connectivity index (χ1) is 15.8. The number of carbonyl (C=O) groups excluding carboxylic acids is 1. The van der Waals surface area contributed by atoms with Crippen molar-refractivity contribution < 1.29 is 22.0 Å². The van der Waals surface area contributed by atoms with Gasteiger partial charge in [-0.2, -0.15) is 4.31 Å². The van der Waals surface area contributed by atoms with Crippen molar-refractivity contribution in [2.24, 2.45) is 7.05 Å². The minimum absolute atomic E-state index is 0.0205. The normalized spacial score (nSPS) is 15.1. The van der Waals surface area contributed by atoms with Gasteiger partial charge in [0.1, 0.15) is 11.6 Å². The van der Waals surface area contributed by atoms with Crippen molar-refractivity contribution in [2.45, 2.75) is 10.1 Å². The van der Waals surface area contributed by atoms with Crippen LogP contribution in [0, 0.1) is 11.6 Å². The fraction of sp³-hybridized carbons (Fsp3) is 0.286. The van der Waals surface area contributed by atoms with Gasteiger partial charge in [0.05, 0.1) is 16.2 Å². The van der Waals surface area contributed by atoms with Crippen LogP contribution < -0.4 is 0 Å². The van der Waals surface area contributed by atoms with E-state index in [0.29, 0.717) is 16.5 Å². The second-order valence-electron chi connectivity index (χ2n) is 7.37. The van der Waals surface area contributed by atoms with Gasteiger partial charge in [-0.3, -0.25) is 4.79 Å². The summed E-state index contributed by atoms with van der Waals surface area (Å²) >= 11 is 1.18. The summed E-state index contributed by atoms with van der Waals surface area (Å²) in [6.07, 6.45) is 0. The van der Waals surface area contributed by atoms with Crippen LogP contribution in [0.1, 0.15) is 0 Å². The third kappa shape index (κ3) is 4.92. The van der Waals surface area contributed by atoms with Crippen LogP contribution in [0.2, 0.25) is 0 Å². The molecule has 1 aliphatic rings. The number of carbonyl (C=O) groups is 1. The van der Waals surface area contributed by atoms with Crippen LogP contribution in [0.5, 0.6) is 0 Å². The molecule has 174 valence electrons. The highest BCUT2D eigenvalue weighted by molar-refractivity contribution is 7.99. The molecule has 33 heavy (non-hydrogen) atoms. The second-order valence-corrected chi connectivity index (χ2v) is 10.3. The molecule has 0 radical (unpaired) electrons. The summed E-state index contributed by atoms with van der Waals surface area (Å²) in [5.41, 5.74) is 0.323. The van der Waals surface area contributed by atoms with Gasteiger partial charge in [-0.25, -0.2) is 17.2 Å². The molecule has 0 aliphatic carbocycles. The molecule has 3 aromatic rings. The topological polar surface area (TPSA) is 88.4 Å². The smallest absolute Gasteiger partial charge is 0.243 e. The zero-order valence-corrected chi connectivity index (χ0v) is 19.3. The van der Waals surface area contributed by atoms with Gasteiger partial charge in [0, 0.05) is 33.2 Å². The molecule has 2 aromatic carbocycles. The van der Waals surface area contributed by atoms with E-state index in [-0.39, 0.29) is 42.7 Å². The first-order valence-electron chi connectivity index (χ1n) is 10.1. The van der Waals surface area contributed by atoms with Gasteiger partial charge in [-0.05, 0) is 36.4 Å². The summed E-state index contributed by atoms with van der Waals surface area (Å²) in [4.78, 5) is 14.3. The third-order valence-electron chi connectivity index (χ3n) is 5.32. The second kappa shape index (κ2) is 9.57. The van der Waals surface area contributed by atoms with Crippen LogP contribution in [-0.4, -0.2) is 70.2 Å². The zero-order valence-electron chi connectivity index (χ0n) is 17.7. The average molecular weight is 494 g/mol. The predicted molar refractivity (Wildman–Crippen MR) is 119 cm³/mol. The Morgan fingerprint density at radius 1 is 1.00 bits per heavy atom. The number of hydrogen-bond acceptors (Lipinski definition) is 6. The van der Waals surface area contributed by atoms with Crippen LogP contribution in [0.4, 0.5) is 8.78 Å². The molecule has 1 saturated heterocycles. The molecule has 1 aromatic heterocycles.